The summed E-state index contributed by atoms with van der Waals surface area (Å²) in [6, 6.07) is 7.78. The van der Waals surface area contributed by atoms with E-state index in [1.807, 2.05) is 65.8 Å². The highest BCUT2D eigenvalue weighted by Gasteiger charge is 2.23. The van der Waals surface area contributed by atoms with Gasteiger partial charge in [-0.3, -0.25) is 4.79 Å². The van der Waals surface area contributed by atoms with Gasteiger partial charge in [-0.15, -0.1) is 0 Å². The Kier molecular flexibility index (Phi) is 8.79. The quantitative estimate of drug-likeness (QED) is 0.582. The molecule has 0 atom stereocenters. The fourth-order valence-corrected chi connectivity index (χ4v) is 5.23. The minimum atomic E-state index is -3.71. The highest BCUT2D eigenvalue weighted by molar-refractivity contribution is 7.89. The van der Waals surface area contributed by atoms with Crippen LogP contribution in [-0.4, -0.2) is 27.5 Å². The molecule has 2 aromatic carbocycles. The molecular formula is C24H34N2O4S. The molecule has 1 amide bonds. The number of ether oxygens (including phenoxy) is 1. The second-order valence-electron chi connectivity index (χ2n) is 7.78. The smallest absolute Gasteiger partial charge is 0.241 e. The van der Waals surface area contributed by atoms with Crippen LogP contribution in [-0.2, 0) is 32.7 Å². The maximum absolute atomic E-state index is 12.9. The van der Waals surface area contributed by atoms with Crippen LogP contribution in [0.5, 0.6) is 0 Å². The van der Waals surface area contributed by atoms with Crippen LogP contribution in [0.25, 0.3) is 0 Å². The van der Waals surface area contributed by atoms with Crippen molar-refractivity contribution in [3.63, 3.8) is 0 Å². The monoisotopic (exact) mass is 446 g/mol. The molecule has 0 saturated carbocycles. The van der Waals surface area contributed by atoms with Crippen molar-refractivity contribution in [2.24, 2.45) is 0 Å². The highest BCUT2D eigenvalue weighted by Crippen LogP contribution is 2.29. The molecule has 170 valence electrons. The first kappa shape index (κ1) is 25.0. The van der Waals surface area contributed by atoms with E-state index in [4.69, 9.17) is 4.74 Å². The molecular weight excluding hydrogens is 412 g/mol. The van der Waals surface area contributed by atoms with Crippen molar-refractivity contribution in [3.05, 3.63) is 63.2 Å². The normalized spacial score (nSPS) is 11.5. The summed E-state index contributed by atoms with van der Waals surface area (Å²) in [6.45, 7) is 13.0. The minimum Gasteiger partial charge on any atom is -0.377 e. The number of carbonyl (C=O) groups is 1. The molecule has 2 rings (SSSR count). The molecule has 0 radical (unpaired) electrons. The van der Waals surface area contributed by atoms with Crippen molar-refractivity contribution < 1.29 is 17.9 Å². The van der Waals surface area contributed by atoms with E-state index in [9.17, 15) is 13.2 Å². The van der Waals surface area contributed by atoms with E-state index in [1.165, 1.54) is 0 Å². The fourth-order valence-electron chi connectivity index (χ4n) is 3.60. The van der Waals surface area contributed by atoms with Gasteiger partial charge in [0.1, 0.15) is 0 Å². The summed E-state index contributed by atoms with van der Waals surface area (Å²) in [5, 5.41) is 2.86. The molecule has 2 aromatic rings. The molecule has 6 nitrogen and oxygen atoms in total. The standard InChI is InChI=1S/C24H34N2O4S/c1-7-30-15-22-11-9-8-10-21(22)14-25-23(27)12-13-26-31(28,29)24-19(5)17(3)16(2)18(4)20(24)6/h8-11,26H,7,12-15H2,1-6H3,(H,25,27). The van der Waals surface area contributed by atoms with Gasteiger partial charge < -0.3 is 10.1 Å². The topological polar surface area (TPSA) is 84.5 Å². The number of carbonyl (C=O) groups excluding carboxylic acids is 1. The van der Waals surface area contributed by atoms with Crippen molar-refractivity contribution in [1.29, 1.82) is 0 Å². The molecule has 0 fully saturated rings. The van der Waals surface area contributed by atoms with E-state index in [-0.39, 0.29) is 18.9 Å². The van der Waals surface area contributed by atoms with Gasteiger partial charge in [-0.25, -0.2) is 13.1 Å². The van der Waals surface area contributed by atoms with Crippen LogP contribution >= 0.6 is 0 Å². The van der Waals surface area contributed by atoms with Gasteiger partial charge in [0, 0.05) is 26.1 Å². The number of nitrogens with one attached hydrogen (secondary N) is 2. The summed E-state index contributed by atoms with van der Waals surface area (Å²) in [4.78, 5) is 12.6. The summed E-state index contributed by atoms with van der Waals surface area (Å²) in [6.07, 6.45) is 0.0643. The first-order valence-corrected chi connectivity index (χ1v) is 12.1. The number of amides is 1. The van der Waals surface area contributed by atoms with E-state index in [0.29, 0.717) is 24.7 Å². The zero-order valence-corrected chi connectivity index (χ0v) is 20.2. The Balaban J connectivity index is 1.98. The molecule has 0 aliphatic carbocycles. The SMILES string of the molecule is CCOCc1ccccc1CNC(=O)CCNS(=O)(=O)c1c(C)c(C)c(C)c(C)c1C. The van der Waals surface area contributed by atoms with Crippen LogP contribution in [0.2, 0.25) is 0 Å². The van der Waals surface area contributed by atoms with Crippen LogP contribution in [0, 0.1) is 34.6 Å². The Labute approximate surface area is 186 Å². The second kappa shape index (κ2) is 10.9. The average molecular weight is 447 g/mol. The van der Waals surface area contributed by atoms with E-state index in [0.717, 1.165) is 38.9 Å². The Morgan fingerprint density at radius 2 is 1.45 bits per heavy atom. The van der Waals surface area contributed by atoms with Crippen molar-refractivity contribution in [2.45, 2.75) is 66.0 Å². The van der Waals surface area contributed by atoms with Crippen molar-refractivity contribution in [2.75, 3.05) is 13.2 Å². The summed E-state index contributed by atoms with van der Waals surface area (Å²) < 4.78 is 33.9. The molecule has 0 unspecified atom stereocenters. The Morgan fingerprint density at radius 1 is 0.903 bits per heavy atom. The average Bonchev–Trinajstić information content (AvgIpc) is 2.73. The molecule has 0 saturated heterocycles. The van der Waals surface area contributed by atoms with Gasteiger partial charge >= 0.3 is 0 Å². The first-order chi connectivity index (χ1) is 14.6. The first-order valence-electron chi connectivity index (χ1n) is 10.6. The van der Waals surface area contributed by atoms with Gasteiger partial charge in [0.25, 0.3) is 0 Å². The molecule has 7 heteroatoms. The minimum absolute atomic E-state index is 0.0413. The summed E-state index contributed by atoms with van der Waals surface area (Å²) in [7, 11) is -3.71. The van der Waals surface area contributed by atoms with Crippen LogP contribution in [0.4, 0.5) is 0 Å². The fraction of sp³-hybridized carbons (Fsp3) is 0.458. The van der Waals surface area contributed by atoms with Crippen molar-refractivity contribution in [3.8, 4) is 0 Å². The van der Waals surface area contributed by atoms with Crippen LogP contribution in [0.3, 0.4) is 0 Å². The number of hydrogen-bond acceptors (Lipinski definition) is 4. The maximum Gasteiger partial charge on any atom is 0.241 e. The largest absolute Gasteiger partial charge is 0.377 e. The molecule has 0 bridgehead atoms. The lowest BCUT2D eigenvalue weighted by molar-refractivity contribution is -0.121. The Morgan fingerprint density at radius 3 is 2.03 bits per heavy atom. The van der Waals surface area contributed by atoms with Gasteiger partial charge in [0.05, 0.1) is 11.5 Å². The summed E-state index contributed by atoms with van der Waals surface area (Å²) in [5.74, 6) is -0.210. The predicted molar refractivity (Wildman–Crippen MR) is 124 cm³/mol. The molecule has 0 aliphatic heterocycles. The molecule has 0 heterocycles. The van der Waals surface area contributed by atoms with Gasteiger partial charge in [-0.1, -0.05) is 24.3 Å². The van der Waals surface area contributed by atoms with Crippen molar-refractivity contribution >= 4 is 15.9 Å². The lowest BCUT2D eigenvalue weighted by Gasteiger charge is -2.19. The number of benzene rings is 2. The number of hydrogen-bond donors (Lipinski definition) is 2. The summed E-state index contributed by atoms with van der Waals surface area (Å²) in [5.41, 5.74) is 6.59. The molecule has 0 aromatic heterocycles. The lowest BCUT2D eigenvalue weighted by atomic mass is 9.95. The van der Waals surface area contributed by atoms with Crippen LogP contribution < -0.4 is 10.0 Å². The second-order valence-corrected chi connectivity index (χ2v) is 9.49. The van der Waals surface area contributed by atoms with E-state index in [1.54, 1.807) is 0 Å². The summed E-state index contributed by atoms with van der Waals surface area (Å²) >= 11 is 0. The van der Waals surface area contributed by atoms with Gasteiger partial charge in [-0.05, 0) is 80.5 Å². The predicted octanol–water partition coefficient (Wildman–Crippen LogP) is 3.75. The van der Waals surface area contributed by atoms with Crippen LogP contribution in [0.1, 0.15) is 52.3 Å². The third-order valence-corrected chi connectivity index (χ3v) is 7.63. The zero-order chi connectivity index (χ0) is 23.2. The van der Waals surface area contributed by atoms with Crippen LogP contribution in [0.15, 0.2) is 29.2 Å². The van der Waals surface area contributed by atoms with Crippen molar-refractivity contribution in [1.82, 2.24) is 10.0 Å². The number of sulfonamides is 1. The third-order valence-electron chi connectivity index (χ3n) is 5.90. The highest BCUT2D eigenvalue weighted by atomic mass is 32.2. The lowest BCUT2D eigenvalue weighted by Crippen LogP contribution is -2.31. The van der Waals surface area contributed by atoms with Gasteiger partial charge in [0.15, 0.2) is 0 Å². The van der Waals surface area contributed by atoms with Gasteiger partial charge in [0.2, 0.25) is 15.9 Å². The molecule has 2 N–H and O–H groups in total. The Bertz CT molecular complexity index is 1020. The Hall–Kier alpha value is -2.22. The molecule has 0 spiro atoms. The maximum atomic E-state index is 12.9. The molecule has 31 heavy (non-hydrogen) atoms. The van der Waals surface area contributed by atoms with Gasteiger partial charge in [-0.2, -0.15) is 0 Å². The number of rotatable bonds is 10. The van der Waals surface area contributed by atoms with E-state index in [2.05, 4.69) is 10.0 Å². The zero-order valence-electron chi connectivity index (χ0n) is 19.4. The van der Waals surface area contributed by atoms with E-state index < -0.39 is 10.0 Å². The molecule has 0 aliphatic rings. The van der Waals surface area contributed by atoms with E-state index >= 15 is 0 Å². The third kappa shape index (κ3) is 6.15.